The maximum atomic E-state index is 3.29. The van der Waals surface area contributed by atoms with E-state index in [4.69, 9.17) is 0 Å². The molecule has 0 bridgehead atoms. The summed E-state index contributed by atoms with van der Waals surface area (Å²) >= 11 is 3.29. The zero-order valence-electron chi connectivity index (χ0n) is 8.73. The van der Waals surface area contributed by atoms with Gasteiger partial charge in [-0.1, -0.05) is 76.6 Å². The summed E-state index contributed by atoms with van der Waals surface area (Å²) in [6.07, 6.45) is 0. The van der Waals surface area contributed by atoms with E-state index in [0.717, 1.165) is 5.57 Å². The van der Waals surface area contributed by atoms with Crippen LogP contribution in [0.25, 0.3) is 5.57 Å². The Labute approximate surface area is 104 Å². The molecule has 0 N–H and O–H groups in total. The minimum absolute atomic E-state index is 1.10. The molecule has 0 radical (unpaired) electrons. The van der Waals surface area contributed by atoms with Crippen molar-refractivity contribution >= 4 is 21.5 Å². The summed E-state index contributed by atoms with van der Waals surface area (Å²) in [7, 11) is 0. The highest BCUT2D eigenvalue weighted by Crippen LogP contribution is 2.21. The number of hydrogen-bond donors (Lipinski definition) is 0. The standard InChI is InChI=1S/C15H11Br/c16-12-11-15(13-7-3-1-4-8-13)14-9-5-2-6-10-14/h1-10,12H. The third-order valence-electron chi connectivity index (χ3n) is 2.32. The molecule has 0 heterocycles. The third-order valence-corrected chi connectivity index (χ3v) is 2.55. The summed E-state index contributed by atoms with van der Waals surface area (Å²) in [6.45, 7) is 0. The number of hydrogen-bond acceptors (Lipinski definition) is 0. The summed E-state index contributed by atoms with van der Waals surface area (Å²) in [4.78, 5) is 1.77. The van der Waals surface area contributed by atoms with Gasteiger partial charge in [0.15, 0.2) is 0 Å². The van der Waals surface area contributed by atoms with Crippen molar-refractivity contribution in [1.29, 1.82) is 0 Å². The molecule has 0 saturated heterocycles. The fraction of sp³-hybridized carbons (Fsp3) is 0. The van der Waals surface area contributed by atoms with Crippen molar-refractivity contribution in [2.45, 2.75) is 0 Å². The van der Waals surface area contributed by atoms with Crippen molar-refractivity contribution in [2.75, 3.05) is 0 Å². The molecule has 0 amide bonds. The normalized spacial score (nSPS) is 9.31. The highest BCUT2D eigenvalue weighted by molar-refractivity contribution is 9.11. The predicted octanol–water partition coefficient (Wildman–Crippen LogP) is 4.63. The van der Waals surface area contributed by atoms with Crippen LogP contribution in [0.5, 0.6) is 0 Å². The van der Waals surface area contributed by atoms with Gasteiger partial charge in [-0.2, -0.15) is 0 Å². The first-order valence-corrected chi connectivity index (χ1v) is 5.99. The SMILES string of the molecule is BrC=C=C(c1ccccc1)c1ccccc1. The molecule has 0 nitrogen and oxygen atoms in total. The number of rotatable bonds is 2. The fourth-order valence-corrected chi connectivity index (χ4v) is 1.83. The van der Waals surface area contributed by atoms with E-state index in [-0.39, 0.29) is 0 Å². The minimum Gasteiger partial charge on any atom is -0.104 e. The summed E-state index contributed by atoms with van der Waals surface area (Å²) in [5, 5.41) is 0. The first-order chi connectivity index (χ1) is 7.92. The largest absolute Gasteiger partial charge is 0.104 e. The molecule has 78 valence electrons. The summed E-state index contributed by atoms with van der Waals surface area (Å²) in [6, 6.07) is 20.5. The van der Waals surface area contributed by atoms with E-state index in [1.54, 1.807) is 4.99 Å². The number of halogens is 1. The molecular formula is C15H11Br. The van der Waals surface area contributed by atoms with Crippen LogP contribution in [-0.2, 0) is 0 Å². The molecule has 0 unspecified atom stereocenters. The fourth-order valence-electron chi connectivity index (χ4n) is 1.60. The van der Waals surface area contributed by atoms with Gasteiger partial charge in [0, 0.05) is 10.6 Å². The van der Waals surface area contributed by atoms with Crippen LogP contribution in [0.2, 0.25) is 0 Å². The molecule has 16 heavy (non-hydrogen) atoms. The average molecular weight is 271 g/mol. The Kier molecular flexibility index (Phi) is 3.76. The van der Waals surface area contributed by atoms with Crippen LogP contribution in [0.1, 0.15) is 11.1 Å². The summed E-state index contributed by atoms with van der Waals surface area (Å²) in [5.41, 5.74) is 6.66. The zero-order chi connectivity index (χ0) is 11.2. The summed E-state index contributed by atoms with van der Waals surface area (Å²) < 4.78 is 0. The van der Waals surface area contributed by atoms with Crippen LogP contribution >= 0.6 is 15.9 Å². The molecule has 0 aliphatic heterocycles. The molecule has 1 heteroatoms. The Bertz CT molecular complexity index is 464. The molecule has 0 aliphatic carbocycles. The Morgan fingerprint density at radius 1 is 0.812 bits per heavy atom. The molecule has 0 aromatic heterocycles. The van der Waals surface area contributed by atoms with E-state index in [0.29, 0.717) is 0 Å². The van der Waals surface area contributed by atoms with Crippen molar-refractivity contribution in [3.63, 3.8) is 0 Å². The Morgan fingerprint density at radius 2 is 1.25 bits per heavy atom. The van der Waals surface area contributed by atoms with Crippen LogP contribution in [0, 0.1) is 0 Å². The highest BCUT2D eigenvalue weighted by atomic mass is 79.9. The molecule has 0 saturated carbocycles. The Hall–Kier alpha value is -1.56. The lowest BCUT2D eigenvalue weighted by Gasteiger charge is -2.04. The highest BCUT2D eigenvalue weighted by Gasteiger charge is 2.02. The second kappa shape index (κ2) is 5.50. The van der Waals surface area contributed by atoms with Gasteiger partial charge in [0.1, 0.15) is 0 Å². The second-order valence-electron chi connectivity index (χ2n) is 3.36. The van der Waals surface area contributed by atoms with E-state index in [1.165, 1.54) is 11.1 Å². The lowest BCUT2D eigenvalue weighted by molar-refractivity contribution is 1.55. The van der Waals surface area contributed by atoms with Gasteiger partial charge < -0.3 is 0 Å². The van der Waals surface area contributed by atoms with Crippen LogP contribution in [0.4, 0.5) is 0 Å². The van der Waals surface area contributed by atoms with Gasteiger partial charge in [0.05, 0.1) is 0 Å². The molecule has 0 aliphatic rings. The van der Waals surface area contributed by atoms with Crippen molar-refractivity contribution in [3.8, 4) is 0 Å². The van der Waals surface area contributed by atoms with Crippen molar-refractivity contribution in [1.82, 2.24) is 0 Å². The maximum absolute atomic E-state index is 3.29. The molecule has 2 aromatic rings. The molecule has 2 aromatic carbocycles. The lowest BCUT2D eigenvalue weighted by atomic mass is 9.99. The topological polar surface area (TPSA) is 0 Å². The smallest absolute Gasteiger partial charge is 0.0314 e. The van der Waals surface area contributed by atoms with Crippen LogP contribution in [0.15, 0.2) is 71.4 Å². The number of benzene rings is 2. The third kappa shape index (κ3) is 2.52. The van der Waals surface area contributed by atoms with Gasteiger partial charge >= 0.3 is 0 Å². The monoisotopic (exact) mass is 270 g/mol. The second-order valence-corrected chi connectivity index (χ2v) is 3.82. The molecule has 0 atom stereocenters. The van der Waals surface area contributed by atoms with Crippen LogP contribution in [0.3, 0.4) is 0 Å². The van der Waals surface area contributed by atoms with Crippen LogP contribution in [-0.4, -0.2) is 0 Å². The molecule has 0 fully saturated rings. The molecule has 2 rings (SSSR count). The van der Waals surface area contributed by atoms with Crippen molar-refractivity contribution in [3.05, 3.63) is 82.5 Å². The quantitative estimate of drug-likeness (QED) is 0.699. The van der Waals surface area contributed by atoms with Gasteiger partial charge in [-0.15, -0.1) is 5.73 Å². The first-order valence-electron chi connectivity index (χ1n) is 5.08. The average Bonchev–Trinajstić information content (AvgIpc) is 2.38. The molecular weight excluding hydrogens is 260 g/mol. The maximum Gasteiger partial charge on any atom is 0.0314 e. The predicted molar refractivity (Wildman–Crippen MR) is 72.4 cm³/mol. The minimum atomic E-state index is 1.10. The van der Waals surface area contributed by atoms with Crippen LogP contribution < -0.4 is 0 Å². The van der Waals surface area contributed by atoms with Crippen molar-refractivity contribution < 1.29 is 0 Å². The Balaban J connectivity index is 2.53. The lowest BCUT2D eigenvalue weighted by Crippen LogP contribution is -1.85. The van der Waals surface area contributed by atoms with Gasteiger partial charge in [-0.25, -0.2) is 0 Å². The van der Waals surface area contributed by atoms with Crippen molar-refractivity contribution in [2.24, 2.45) is 0 Å². The van der Waals surface area contributed by atoms with E-state index in [1.807, 2.05) is 36.4 Å². The van der Waals surface area contributed by atoms with Gasteiger partial charge in [-0.05, 0) is 11.1 Å². The van der Waals surface area contributed by atoms with E-state index < -0.39 is 0 Å². The zero-order valence-corrected chi connectivity index (χ0v) is 10.3. The molecule has 0 spiro atoms. The van der Waals surface area contributed by atoms with E-state index >= 15 is 0 Å². The van der Waals surface area contributed by atoms with Gasteiger partial charge in [-0.3, -0.25) is 0 Å². The van der Waals surface area contributed by atoms with E-state index in [2.05, 4.69) is 45.9 Å². The first kappa shape index (κ1) is 10.9. The summed E-state index contributed by atoms with van der Waals surface area (Å²) in [5.74, 6) is 0. The van der Waals surface area contributed by atoms with Gasteiger partial charge in [0.2, 0.25) is 0 Å². The van der Waals surface area contributed by atoms with E-state index in [9.17, 15) is 0 Å². The van der Waals surface area contributed by atoms with Gasteiger partial charge in [0.25, 0.3) is 0 Å². The Morgan fingerprint density at radius 3 is 1.62 bits per heavy atom.